The molecule has 0 aliphatic heterocycles. The zero-order valence-electron chi connectivity index (χ0n) is 10.4. The highest BCUT2D eigenvalue weighted by Gasteiger charge is 2.14. The van der Waals surface area contributed by atoms with Crippen LogP contribution in [0.5, 0.6) is 0 Å². The standard InChI is InChI=1S/C13H18ClN3/c1-8(2)9(3)7-17-11-6-4-5-10(14)12(11)16-13(17)15/h4-6,8-9H,7H2,1-3H3,(H2,15,16). The van der Waals surface area contributed by atoms with Gasteiger partial charge in [0, 0.05) is 6.54 Å². The molecule has 1 heterocycles. The van der Waals surface area contributed by atoms with E-state index < -0.39 is 0 Å². The van der Waals surface area contributed by atoms with Crippen molar-refractivity contribution in [2.24, 2.45) is 11.8 Å². The number of nitrogens with two attached hydrogens (primary N) is 1. The Labute approximate surface area is 107 Å². The molecule has 0 bridgehead atoms. The Balaban J connectivity index is 2.47. The van der Waals surface area contributed by atoms with E-state index in [4.69, 9.17) is 17.3 Å². The van der Waals surface area contributed by atoms with Crippen molar-refractivity contribution in [1.29, 1.82) is 0 Å². The highest BCUT2D eigenvalue weighted by atomic mass is 35.5. The number of hydrogen-bond acceptors (Lipinski definition) is 2. The number of aromatic nitrogens is 2. The van der Waals surface area contributed by atoms with Crippen molar-refractivity contribution < 1.29 is 0 Å². The van der Waals surface area contributed by atoms with E-state index >= 15 is 0 Å². The maximum atomic E-state index is 6.11. The molecule has 1 unspecified atom stereocenters. The monoisotopic (exact) mass is 251 g/mol. The molecule has 2 rings (SSSR count). The van der Waals surface area contributed by atoms with E-state index in [9.17, 15) is 0 Å². The van der Waals surface area contributed by atoms with E-state index in [0.29, 0.717) is 22.8 Å². The fraction of sp³-hybridized carbons (Fsp3) is 0.462. The van der Waals surface area contributed by atoms with Gasteiger partial charge in [0.2, 0.25) is 5.95 Å². The van der Waals surface area contributed by atoms with Gasteiger partial charge in [0.15, 0.2) is 0 Å². The molecule has 1 aromatic heterocycles. The Kier molecular flexibility index (Phi) is 3.29. The first-order valence-corrected chi connectivity index (χ1v) is 6.28. The minimum atomic E-state index is 0.542. The molecule has 3 nitrogen and oxygen atoms in total. The fourth-order valence-corrected chi connectivity index (χ4v) is 2.03. The third kappa shape index (κ3) is 2.25. The molecule has 0 saturated heterocycles. The van der Waals surface area contributed by atoms with Gasteiger partial charge in [-0.1, -0.05) is 38.4 Å². The molecule has 0 aliphatic carbocycles. The summed E-state index contributed by atoms with van der Waals surface area (Å²) in [6, 6.07) is 5.78. The molecule has 17 heavy (non-hydrogen) atoms. The number of hydrogen-bond donors (Lipinski definition) is 1. The van der Waals surface area contributed by atoms with Gasteiger partial charge in [-0.25, -0.2) is 4.98 Å². The smallest absolute Gasteiger partial charge is 0.201 e. The summed E-state index contributed by atoms with van der Waals surface area (Å²) in [5, 5.41) is 0.658. The zero-order chi connectivity index (χ0) is 12.6. The third-order valence-electron chi connectivity index (χ3n) is 3.37. The first-order valence-electron chi connectivity index (χ1n) is 5.91. The molecular formula is C13H18ClN3. The van der Waals surface area contributed by atoms with Crippen molar-refractivity contribution in [3.05, 3.63) is 23.2 Å². The molecule has 0 radical (unpaired) electrons. The summed E-state index contributed by atoms with van der Waals surface area (Å²) in [6.45, 7) is 7.53. The van der Waals surface area contributed by atoms with Crippen molar-refractivity contribution in [2.45, 2.75) is 27.3 Å². The van der Waals surface area contributed by atoms with Gasteiger partial charge in [0.1, 0.15) is 5.52 Å². The van der Waals surface area contributed by atoms with Crippen LogP contribution in [0.3, 0.4) is 0 Å². The number of fused-ring (bicyclic) bond motifs is 1. The molecular weight excluding hydrogens is 234 g/mol. The van der Waals surface area contributed by atoms with Gasteiger partial charge in [0.25, 0.3) is 0 Å². The first-order chi connectivity index (χ1) is 8.00. The summed E-state index contributed by atoms with van der Waals surface area (Å²) in [5.41, 5.74) is 7.77. The van der Waals surface area contributed by atoms with Gasteiger partial charge in [0.05, 0.1) is 10.5 Å². The maximum Gasteiger partial charge on any atom is 0.201 e. The van der Waals surface area contributed by atoms with E-state index in [2.05, 4.69) is 25.8 Å². The average Bonchev–Trinajstić information content (AvgIpc) is 2.58. The minimum absolute atomic E-state index is 0.542. The molecule has 0 saturated carbocycles. The lowest BCUT2D eigenvalue weighted by Gasteiger charge is -2.17. The maximum absolute atomic E-state index is 6.11. The van der Waals surface area contributed by atoms with Gasteiger partial charge in [-0.05, 0) is 24.0 Å². The van der Waals surface area contributed by atoms with Crippen LogP contribution < -0.4 is 5.73 Å². The fourth-order valence-electron chi connectivity index (χ4n) is 1.82. The lowest BCUT2D eigenvalue weighted by Crippen LogP contribution is -2.14. The normalized spacial score (nSPS) is 13.5. The van der Waals surface area contributed by atoms with Crippen molar-refractivity contribution in [3.63, 3.8) is 0 Å². The molecule has 2 N–H and O–H groups in total. The molecule has 4 heteroatoms. The quantitative estimate of drug-likeness (QED) is 0.906. The summed E-state index contributed by atoms with van der Waals surface area (Å²) in [4.78, 5) is 4.33. The predicted octanol–water partition coefficient (Wildman–Crippen LogP) is 3.56. The highest BCUT2D eigenvalue weighted by molar-refractivity contribution is 6.35. The van der Waals surface area contributed by atoms with Crippen LogP contribution in [0, 0.1) is 11.8 Å². The van der Waals surface area contributed by atoms with Crippen LogP contribution in [-0.2, 0) is 6.54 Å². The van der Waals surface area contributed by atoms with Gasteiger partial charge in [-0.15, -0.1) is 0 Å². The van der Waals surface area contributed by atoms with E-state index in [1.165, 1.54) is 0 Å². The largest absolute Gasteiger partial charge is 0.369 e. The molecule has 0 fully saturated rings. The number of halogens is 1. The van der Waals surface area contributed by atoms with Crippen LogP contribution in [0.25, 0.3) is 11.0 Å². The van der Waals surface area contributed by atoms with Gasteiger partial charge in [-0.3, -0.25) is 0 Å². The van der Waals surface area contributed by atoms with Crippen molar-refractivity contribution in [2.75, 3.05) is 5.73 Å². The highest BCUT2D eigenvalue weighted by Crippen LogP contribution is 2.26. The van der Waals surface area contributed by atoms with Crippen molar-refractivity contribution >= 4 is 28.6 Å². The summed E-state index contributed by atoms with van der Waals surface area (Å²) in [6.07, 6.45) is 0. The zero-order valence-corrected chi connectivity index (χ0v) is 11.2. The number of para-hydroxylation sites is 1. The Bertz CT molecular complexity index is 531. The Morgan fingerprint density at radius 3 is 2.71 bits per heavy atom. The molecule has 1 atom stereocenters. The second-order valence-electron chi connectivity index (χ2n) is 4.91. The Morgan fingerprint density at radius 1 is 1.35 bits per heavy atom. The molecule has 0 amide bonds. The molecule has 0 spiro atoms. The van der Waals surface area contributed by atoms with Crippen LogP contribution in [0.1, 0.15) is 20.8 Å². The Hall–Kier alpha value is -1.22. The number of rotatable bonds is 3. The average molecular weight is 252 g/mol. The second-order valence-corrected chi connectivity index (χ2v) is 5.32. The number of imidazole rings is 1. The van der Waals surface area contributed by atoms with Crippen molar-refractivity contribution in [3.8, 4) is 0 Å². The lowest BCUT2D eigenvalue weighted by molar-refractivity contribution is 0.371. The number of anilines is 1. The van der Waals surface area contributed by atoms with Crippen LogP contribution in [0.2, 0.25) is 5.02 Å². The number of benzene rings is 1. The topological polar surface area (TPSA) is 43.8 Å². The van der Waals surface area contributed by atoms with Crippen LogP contribution in [0.15, 0.2) is 18.2 Å². The number of nitrogen functional groups attached to an aromatic ring is 1. The summed E-state index contributed by atoms with van der Waals surface area (Å²) in [5.74, 6) is 1.71. The van der Waals surface area contributed by atoms with Crippen LogP contribution in [0.4, 0.5) is 5.95 Å². The molecule has 2 aromatic rings. The van der Waals surface area contributed by atoms with Crippen LogP contribution in [-0.4, -0.2) is 9.55 Å². The predicted molar refractivity (Wildman–Crippen MR) is 73.2 cm³/mol. The molecule has 92 valence electrons. The molecule has 1 aromatic carbocycles. The van der Waals surface area contributed by atoms with E-state index in [1.54, 1.807) is 0 Å². The second kappa shape index (κ2) is 4.57. The van der Waals surface area contributed by atoms with E-state index in [1.807, 2.05) is 22.8 Å². The van der Waals surface area contributed by atoms with Crippen molar-refractivity contribution in [1.82, 2.24) is 9.55 Å². The first kappa shape index (κ1) is 12.2. The minimum Gasteiger partial charge on any atom is -0.369 e. The molecule has 0 aliphatic rings. The third-order valence-corrected chi connectivity index (χ3v) is 3.67. The summed E-state index contributed by atoms with van der Waals surface area (Å²) < 4.78 is 2.05. The summed E-state index contributed by atoms with van der Waals surface area (Å²) >= 11 is 6.11. The van der Waals surface area contributed by atoms with Gasteiger partial charge in [-0.2, -0.15) is 0 Å². The van der Waals surface area contributed by atoms with Crippen LogP contribution >= 0.6 is 11.6 Å². The lowest BCUT2D eigenvalue weighted by atomic mass is 9.98. The van der Waals surface area contributed by atoms with E-state index in [0.717, 1.165) is 17.6 Å². The van der Waals surface area contributed by atoms with E-state index in [-0.39, 0.29) is 0 Å². The Morgan fingerprint density at radius 2 is 2.06 bits per heavy atom. The van der Waals surface area contributed by atoms with Gasteiger partial charge < -0.3 is 10.3 Å². The van der Waals surface area contributed by atoms with Gasteiger partial charge >= 0.3 is 0 Å². The summed E-state index contributed by atoms with van der Waals surface area (Å²) in [7, 11) is 0. The number of nitrogens with zero attached hydrogens (tertiary/aromatic N) is 2. The SMILES string of the molecule is CC(C)C(C)Cn1c(N)nc2c(Cl)cccc21.